The zero-order chi connectivity index (χ0) is 26.9. The zero-order valence-corrected chi connectivity index (χ0v) is 24.2. The number of likely N-dealkylation sites (N-methyl/N-ethyl adjacent to an activating group) is 1. The number of benzene rings is 3. The lowest BCUT2D eigenvalue weighted by atomic mass is 9.66. The number of nitrogens with one attached hydrogen (secondary N) is 1. The minimum Gasteiger partial charge on any atom is -0.341 e. The molecule has 3 nitrogen and oxygen atoms in total. The van der Waals surface area contributed by atoms with Crippen molar-refractivity contribution in [2.45, 2.75) is 57.3 Å². The van der Waals surface area contributed by atoms with Crippen molar-refractivity contribution >= 4 is 29.1 Å². The number of fused-ring (bicyclic) bond motifs is 2. The maximum absolute atomic E-state index is 13.5. The van der Waals surface area contributed by atoms with Gasteiger partial charge in [-0.1, -0.05) is 70.7 Å². The summed E-state index contributed by atoms with van der Waals surface area (Å²) in [7, 11) is 1.92. The van der Waals surface area contributed by atoms with Crippen molar-refractivity contribution in [1.29, 1.82) is 0 Å². The molecule has 1 heterocycles. The number of nitrogens with zero attached hydrogens (tertiary/aromatic N) is 1. The van der Waals surface area contributed by atoms with E-state index in [1.807, 2.05) is 50.1 Å². The van der Waals surface area contributed by atoms with Gasteiger partial charge in [0.2, 0.25) is 0 Å². The van der Waals surface area contributed by atoms with E-state index in [1.54, 1.807) is 5.56 Å². The van der Waals surface area contributed by atoms with Crippen LogP contribution in [0.1, 0.15) is 69.8 Å². The molecule has 0 aromatic heterocycles. The standard InChI is InChI=1S/C33H38Cl2N2O/c1-22-16-23(2)18-27(17-22)32(38)37(3)21-26(24-9-11-30(34)31(35)20-24)8-10-28-19-25-6-4-5-7-29(25)33(28)12-14-36-15-13-33/h4-7,9,11,16-18,20,26,28,36H,8,10,12-15,19,21H2,1-3H3/t26-,28?/m1/s1. The van der Waals surface area contributed by atoms with E-state index in [0.717, 1.165) is 54.6 Å². The van der Waals surface area contributed by atoms with E-state index in [-0.39, 0.29) is 17.2 Å². The van der Waals surface area contributed by atoms with E-state index >= 15 is 0 Å². The third kappa shape index (κ3) is 5.52. The summed E-state index contributed by atoms with van der Waals surface area (Å²) in [5.41, 5.74) is 7.45. The largest absolute Gasteiger partial charge is 0.341 e. The summed E-state index contributed by atoms with van der Waals surface area (Å²) < 4.78 is 0. The van der Waals surface area contributed by atoms with Crippen LogP contribution in [-0.4, -0.2) is 37.5 Å². The van der Waals surface area contributed by atoms with Crippen molar-refractivity contribution in [3.63, 3.8) is 0 Å². The highest BCUT2D eigenvalue weighted by Gasteiger charge is 2.46. The van der Waals surface area contributed by atoms with Crippen molar-refractivity contribution in [1.82, 2.24) is 10.2 Å². The first-order valence-electron chi connectivity index (χ1n) is 13.8. The molecule has 1 aliphatic carbocycles. The number of amides is 1. The Labute approximate surface area is 237 Å². The van der Waals surface area contributed by atoms with Gasteiger partial charge in [0.05, 0.1) is 10.0 Å². The van der Waals surface area contributed by atoms with Crippen molar-refractivity contribution in [2.75, 3.05) is 26.7 Å². The Kier molecular flexibility index (Phi) is 8.19. The Balaban J connectivity index is 1.39. The van der Waals surface area contributed by atoms with E-state index in [0.29, 0.717) is 22.5 Å². The maximum Gasteiger partial charge on any atom is 0.253 e. The SMILES string of the molecule is Cc1cc(C)cc(C(=O)N(C)C[C@@H](CCC2Cc3ccccc3C23CCNCC3)c2ccc(Cl)c(Cl)c2)c1. The number of carbonyl (C=O) groups excluding carboxylic acids is 1. The molecule has 5 heteroatoms. The Bertz CT molecular complexity index is 1290. The summed E-state index contributed by atoms with van der Waals surface area (Å²) in [6.45, 7) is 6.87. The van der Waals surface area contributed by atoms with Gasteiger partial charge in [-0.2, -0.15) is 0 Å². The van der Waals surface area contributed by atoms with Crippen LogP contribution < -0.4 is 5.32 Å². The molecule has 1 unspecified atom stereocenters. The van der Waals surface area contributed by atoms with Gasteiger partial charge in [-0.05, 0) is 106 Å². The fraction of sp³-hybridized carbons (Fsp3) is 0.424. The molecule has 1 amide bonds. The lowest BCUT2D eigenvalue weighted by Crippen LogP contribution is -2.43. The number of carbonyl (C=O) groups is 1. The van der Waals surface area contributed by atoms with Gasteiger partial charge in [0, 0.05) is 30.5 Å². The molecule has 0 saturated carbocycles. The minimum absolute atomic E-state index is 0.0601. The van der Waals surface area contributed by atoms with Crippen LogP contribution in [0.25, 0.3) is 0 Å². The number of hydrogen-bond acceptors (Lipinski definition) is 2. The fourth-order valence-corrected chi connectivity index (χ4v) is 7.36. The van der Waals surface area contributed by atoms with E-state index in [9.17, 15) is 4.79 Å². The third-order valence-electron chi connectivity index (χ3n) is 8.89. The molecule has 1 spiro atoms. The van der Waals surface area contributed by atoms with Crippen LogP contribution in [0.2, 0.25) is 10.0 Å². The lowest BCUT2D eigenvalue weighted by Gasteiger charge is -2.41. The van der Waals surface area contributed by atoms with Crippen LogP contribution in [0.3, 0.4) is 0 Å². The van der Waals surface area contributed by atoms with Crippen LogP contribution in [0.4, 0.5) is 0 Å². The Morgan fingerprint density at radius 2 is 1.71 bits per heavy atom. The summed E-state index contributed by atoms with van der Waals surface area (Å²) in [6, 6.07) is 21.1. The zero-order valence-electron chi connectivity index (χ0n) is 22.7. The Hall–Kier alpha value is -2.33. The molecule has 3 aromatic rings. The molecule has 2 aliphatic rings. The minimum atomic E-state index is 0.0601. The van der Waals surface area contributed by atoms with E-state index in [2.05, 4.69) is 41.7 Å². The van der Waals surface area contributed by atoms with Crippen molar-refractivity contribution in [3.8, 4) is 0 Å². The number of rotatable bonds is 7. The topological polar surface area (TPSA) is 32.3 Å². The molecule has 200 valence electrons. The molecule has 1 fully saturated rings. The fourth-order valence-electron chi connectivity index (χ4n) is 7.06. The van der Waals surface area contributed by atoms with Gasteiger partial charge in [0.15, 0.2) is 0 Å². The van der Waals surface area contributed by atoms with Gasteiger partial charge in [-0.15, -0.1) is 0 Å². The smallest absolute Gasteiger partial charge is 0.253 e. The van der Waals surface area contributed by atoms with Gasteiger partial charge in [0.1, 0.15) is 0 Å². The van der Waals surface area contributed by atoms with Crippen LogP contribution in [0, 0.1) is 19.8 Å². The Morgan fingerprint density at radius 1 is 1.00 bits per heavy atom. The molecule has 5 rings (SSSR count). The van der Waals surface area contributed by atoms with Crippen molar-refractivity contribution in [3.05, 3.63) is 104 Å². The molecule has 38 heavy (non-hydrogen) atoms. The monoisotopic (exact) mass is 548 g/mol. The van der Waals surface area contributed by atoms with Crippen molar-refractivity contribution in [2.24, 2.45) is 5.92 Å². The lowest BCUT2D eigenvalue weighted by molar-refractivity contribution is 0.0782. The first-order valence-corrected chi connectivity index (χ1v) is 14.6. The predicted molar refractivity (Wildman–Crippen MR) is 159 cm³/mol. The molecule has 0 radical (unpaired) electrons. The first kappa shape index (κ1) is 27.2. The molecule has 1 aliphatic heterocycles. The van der Waals surface area contributed by atoms with E-state index < -0.39 is 0 Å². The number of halogens is 2. The Morgan fingerprint density at radius 3 is 2.42 bits per heavy atom. The highest BCUT2D eigenvalue weighted by Crippen LogP contribution is 2.51. The van der Waals surface area contributed by atoms with Gasteiger partial charge < -0.3 is 10.2 Å². The molecule has 2 atom stereocenters. The second-order valence-corrected chi connectivity index (χ2v) is 12.3. The van der Waals surface area contributed by atoms with Gasteiger partial charge in [-0.3, -0.25) is 4.79 Å². The first-order chi connectivity index (χ1) is 18.3. The highest BCUT2D eigenvalue weighted by atomic mass is 35.5. The molecular formula is C33H38Cl2N2O. The molecule has 1 saturated heterocycles. The second-order valence-electron chi connectivity index (χ2n) is 11.5. The number of aryl methyl sites for hydroxylation is 2. The number of hydrogen-bond donors (Lipinski definition) is 1. The van der Waals surface area contributed by atoms with Gasteiger partial charge in [0.25, 0.3) is 5.91 Å². The molecule has 3 aromatic carbocycles. The molecular weight excluding hydrogens is 511 g/mol. The average Bonchev–Trinajstić information content (AvgIpc) is 3.19. The van der Waals surface area contributed by atoms with Crippen LogP contribution >= 0.6 is 23.2 Å². The average molecular weight is 550 g/mol. The number of piperidine rings is 1. The summed E-state index contributed by atoms with van der Waals surface area (Å²) in [6.07, 6.45) is 5.64. The summed E-state index contributed by atoms with van der Waals surface area (Å²) in [5, 5.41) is 4.71. The molecule has 0 bridgehead atoms. The van der Waals surface area contributed by atoms with Gasteiger partial charge in [-0.25, -0.2) is 0 Å². The second kappa shape index (κ2) is 11.4. The van der Waals surface area contributed by atoms with E-state index in [4.69, 9.17) is 23.2 Å². The van der Waals surface area contributed by atoms with Gasteiger partial charge >= 0.3 is 0 Å². The molecule has 1 N–H and O–H groups in total. The quantitative estimate of drug-likeness (QED) is 0.327. The summed E-state index contributed by atoms with van der Waals surface area (Å²) >= 11 is 12.8. The normalized spacial score (nSPS) is 18.8. The summed E-state index contributed by atoms with van der Waals surface area (Å²) in [4.78, 5) is 15.3. The maximum atomic E-state index is 13.5. The van der Waals surface area contributed by atoms with Crippen LogP contribution in [0.5, 0.6) is 0 Å². The van der Waals surface area contributed by atoms with Crippen LogP contribution in [-0.2, 0) is 11.8 Å². The highest BCUT2D eigenvalue weighted by molar-refractivity contribution is 6.42. The third-order valence-corrected chi connectivity index (χ3v) is 9.62. The summed E-state index contributed by atoms with van der Waals surface area (Å²) in [5.74, 6) is 0.838. The van der Waals surface area contributed by atoms with Crippen molar-refractivity contribution < 1.29 is 4.79 Å². The van der Waals surface area contributed by atoms with Crippen LogP contribution in [0.15, 0.2) is 60.7 Å². The van der Waals surface area contributed by atoms with E-state index in [1.165, 1.54) is 18.4 Å². The predicted octanol–water partition coefficient (Wildman–Crippen LogP) is 7.74.